The van der Waals surface area contributed by atoms with Gasteiger partial charge in [0.25, 0.3) is 0 Å². The molecular weight excluding hydrogens is 427 g/mol. The first kappa shape index (κ1) is 23.6. The van der Waals surface area contributed by atoms with Crippen molar-refractivity contribution in [3.05, 3.63) is 28.2 Å². The van der Waals surface area contributed by atoms with E-state index in [9.17, 15) is 18.0 Å². The van der Waals surface area contributed by atoms with Crippen LogP contribution in [0.15, 0.2) is 22.7 Å². The lowest BCUT2D eigenvalue weighted by atomic mass is 10.1. The van der Waals surface area contributed by atoms with Gasteiger partial charge in [0.2, 0.25) is 0 Å². The second-order valence-electron chi connectivity index (χ2n) is 7.26. The standard InChI is InChI=1S/C19H27BrF3NO3/c1-5-6-7-10-24(17(25)27-18(2,3)4)12-14-11-15(20)8-9-16(14)26-13-19(21,22)23/h8-9,11H,5-7,10,12-13H2,1-4H3. The molecule has 0 fully saturated rings. The van der Waals surface area contributed by atoms with E-state index in [1.807, 2.05) is 0 Å². The van der Waals surface area contributed by atoms with E-state index in [4.69, 9.17) is 9.47 Å². The highest BCUT2D eigenvalue weighted by Gasteiger charge is 2.29. The van der Waals surface area contributed by atoms with E-state index >= 15 is 0 Å². The van der Waals surface area contributed by atoms with Crippen LogP contribution in [0.5, 0.6) is 5.75 Å². The average Bonchev–Trinajstić information content (AvgIpc) is 2.50. The summed E-state index contributed by atoms with van der Waals surface area (Å²) in [5, 5.41) is 0. The van der Waals surface area contributed by atoms with E-state index in [2.05, 4.69) is 22.9 Å². The first-order valence-electron chi connectivity index (χ1n) is 8.87. The van der Waals surface area contributed by atoms with Gasteiger partial charge in [-0.05, 0) is 45.4 Å². The van der Waals surface area contributed by atoms with Gasteiger partial charge < -0.3 is 14.4 Å². The Labute approximate surface area is 167 Å². The quantitative estimate of drug-likeness (QED) is 0.432. The van der Waals surface area contributed by atoms with Gasteiger partial charge >= 0.3 is 12.3 Å². The van der Waals surface area contributed by atoms with Gasteiger partial charge in [0.15, 0.2) is 6.61 Å². The van der Waals surface area contributed by atoms with Crippen LogP contribution < -0.4 is 4.74 Å². The summed E-state index contributed by atoms with van der Waals surface area (Å²) in [7, 11) is 0. The number of carbonyl (C=O) groups excluding carboxylic acids is 1. The maximum absolute atomic E-state index is 12.5. The molecule has 27 heavy (non-hydrogen) atoms. The smallest absolute Gasteiger partial charge is 0.422 e. The predicted octanol–water partition coefficient (Wildman–Crippen LogP) is 6.32. The molecule has 0 N–H and O–H groups in total. The molecule has 0 aliphatic rings. The Bertz CT molecular complexity index is 615. The number of carbonyl (C=O) groups is 1. The second kappa shape index (κ2) is 10.2. The molecule has 1 aromatic rings. The SMILES string of the molecule is CCCCCN(Cc1cc(Br)ccc1OCC(F)(F)F)C(=O)OC(C)(C)C. The average molecular weight is 454 g/mol. The Morgan fingerprint density at radius 3 is 2.41 bits per heavy atom. The number of benzene rings is 1. The van der Waals surface area contributed by atoms with Crippen LogP contribution in [0.25, 0.3) is 0 Å². The monoisotopic (exact) mass is 453 g/mol. The molecule has 0 bridgehead atoms. The molecule has 1 aromatic carbocycles. The third-order valence-corrected chi connectivity index (χ3v) is 3.95. The summed E-state index contributed by atoms with van der Waals surface area (Å²) in [5.74, 6) is 0.0968. The van der Waals surface area contributed by atoms with Crippen molar-refractivity contribution in [3.63, 3.8) is 0 Å². The molecule has 0 unspecified atom stereocenters. The predicted molar refractivity (Wildman–Crippen MR) is 102 cm³/mol. The zero-order valence-electron chi connectivity index (χ0n) is 16.2. The number of rotatable bonds is 8. The van der Waals surface area contributed by atoms with Crippen LogP contribution in [0.3, 0.4) is 0 Å². The summed E-state index contributed by atoms with van der Waals surface area (Å²) < 4.78 is 48.6. The van der Waals surface area contributed by atoms with Crippen LogP contribution in [0.2, 0.25) is 0 Å². The van der Waals surface area contributed by atoms with Crippen LogP contribution in [0.1, 0.15) is 52.5 Å². The van der Waals surface area contributed by atoms with Gasteiger partial charge in [-0.1, -0.05) is 35.7 Å². The van der Waals surface area contributed by atoms with Crippen LogP contribution in [0, 0.1) is 0 Å². The Balaban J connectivity index is 3.00. The molecular formula is C19H27BrF3NO3. The van der Waals surface area contributed by atoms with Gasteiger partial charge in [-0.15, -0.1) is 0 Å². The Hall–Kier alpha value is -1.44. The lowest BCUT2D eigenvalue weighted by molar-refractivity contribution is -0.153. The summed E-state index contributed by atoms with van der Waals surface area (Å²) in [6.07, 6.45) is -2.23. The van der Waals surface area contributed by atoms with Crippen molar-refractivity contribution < 1.29 is 27.4 Å². The minimum Gasteiger partial charge on any atom is -0.484 e. The second-order valence-corrected chi connectivity index (χ2v) is 8.18. The van der Waals surface area contributed by atoms with Crippen molar-refractivity contribution in [1.82, 2.24) is 4.90 Å². The number of unbranched alkanes of at least 4 members (excludes halogenated alkanes) is 2. The fourth-order valence-corrected chi connectivity index (χ4v) is 2.70. The molecule has 0 saturated heterocycles. The Morgan fingerprint density at radius 2 is 1.85 bits per heavy atom. The summed E-state index contributed by atoms with van der Waals surface area (Å²) >= 11 is 3.31. The van der Waals surface area contributed by atoms with E-state index in [1.54, 1.807) is 32.9 Å². The maximum Gasteiger partial charge on any atom is 0.422 e. The Morgan fingerprint density at radius 1 is 1.19 bits per heavy atom. The lowest BCUT2D eigenvalue weighted by Gasteiger charge is -2.28. The van der Waals surface area contributed by atoms with Crippen LogP contribution >= 0.6 is 15.9 Å². The lowest BCUT2D eigenvalue weighted by Crippen LogP contribution is -2.37. The third-order valence-electron chi connectivity index (χ3n) is 3.46. The molecule has 4 nitrogen and oxygen atoms in total. The van der Waals surface area contributed by atoms with Crippen LogP contribution in [-0.2, 0) is 11.3 Å². The molecule has 0 radical (unpaired) electrons. The summed E-state index contributed by atoms with van der Waals surface area (Å²) in [4.78, 5) is 14.0. The molecule has 0 aromatic heterocycles. The number of nitrogens with zero attached hydrogens (tertiary/aromatic N) is 1. The number of alkyl halides is 3. The number of hydrogen-bond acceptors (Lipinski definition) is 3. The molecule has 0 spiro atoms. The molecule has 8 heteroatoms. The summed E-state index contributed by atoms with van der Waals surface area (Å²) in [6.45, 7) is 6.53. The molecule has 0 heterocycles. The van der Waals surface area contributed by atoms with Gasteiger partial charge in [0.1, 0.15) is 11.4 Å². The molecule has 0 aliphatic heterocycles. The highest BCUT2D eigenvalue weighted by molar-refractivity contribution is 9.10. The number of amides is 1. The van der Waals surface area contributed by atoms with E-state index < -0.39 is 24.5 Å². The van der Waals surface area contributed by atoms with Crippen molar-refractivity contribution in [2.75, 3.05) is 13.2 Å². The summed E-state index contributed by atoms with van der Waals surface area (Å²) in [5.41, 5.74) is -0.177. The minimum absolute atomic E-state index is 0.0968. The zero-order chi connectivity index (χ0) is 20.7. The number of ether oxygens (including phenoxy) is 2. The van der Waals surface area contributed by atoms with E-state index in [0.717, 1.165) is 19.3 Å². The molecule has 0 aliphatic carbocycles. The minimum atomic E-state index is -4.43. The highest BCUT2D eigenvalue weighted by Crippen LogP contribution is 2.27. The Kier molecular flexibility index (Phi) is 8.91. The normalized spacial score (nSPS) is 12.0. The van der Waals surface area contributed by atoms with Gasteiger partial charge in [-0.2, -0.15) is 13.2 Å². The largest absolute Gasteiger partial charge is 0.484 e. The van der Waals surface area contributed by atoms with Crippen molar-refractivity contribution in [1.29, 1.82) is 0 Å². The van der Waals surface area contributed by atoms with Gasteiger partial charge in [0, 0.05) is 16.6 Å². The van der Waals surface area contributed by atoms with Gasteiger partial charge in [-0.25, -0.2) is 4.79 Å². The third kappa shape index (κ3) is 9.89. The van der Waals surface area contributed by atoms with Crippen molar-refractivity contribution in [2.24, 2.45) is 0 Å². The molecule has 0 atom stereocenters. The molecule has 1 rings (SSSR count). The number of halogens is 4. The first-order chi connectivity index (χ1) is 12.4. The molecule has 154 valence electrons. The van der Waals surface area contributed by atoms with Gasteiger partial charge in [-0.3, -0.25) is 0 Å². The van der Waals surface area contributed by atoms with E-state index in [1.165, 1.54) is 11.0 Å². The summed E-state index contributed by atoms with van der Waals surface area (Å²) in [6, 6.07) is 4.72. The maximum atomic E-state index is 12.5. The van der Waals surface area contributed by atoms with Crippen molar-refractivity contribution in [2.45, 2.75) is 65.3 Å². The fraction of sp³-hybridized carbons (Fsp3) is 0.632. The number of hydrogen-bond donors (Lipinski definition) is 0. The first-order valence-corrected chi connectivity index (χ1v) is 9.66. The van der Waals surface area contributed by atoms with Crippen LogP contribution in [-0.4, -0.2) is 35.9 Å². The van der Waals surface area contributed by atoms with Gasteiger partial charge in [0.05, 0.1) is 6.54 Å². The molecule has 1 amide bonds. The van der Waals surface area contributed by atoms with E-state index in [0.29, 0.717) is 16.6 Å². The zero-order valence-corrected chi connectivity index (χ0v) is 17.7. The molecule has 0 saturated carbocycles. The van der Waals surface area contributed by atoms with Crippen LogP contribution in [0.4, 0.5) is 18.0 Å². The highest BCUT2D eigenvalue weighted by atomic mass is 79.9. The fourth-order valence-electron chi connectivity index (χ4n) is 2.29. The topological polar surface area (TPSA) is 38.8 Å². The van der Waals surface area contributed by atoms with Crippen molar-refractivity contribution in [3.8, 4) is 5.75 Å². The van der Waals surface area contributed by atoms with Crippen molar-refractivity contribution >= 4 is 22.0 Å². The van der Waals surface area contributed by atoms with E-state index in [-0.39, 0.29) is 12.3 Å².